The van der Waals surface area contributed by atoms with Crippen molar-refractivity contribution in [2.45, 2.75) is 63.7 Å². The number of benzene rings is 2. The number of hydrogen-bond donors (Lipinski definition) is 1. The Morgan fingerprint density at radius 3 is 2.43 bits per heavy atom. The largest absolute Gasteiger partial charge is 0.478 e. The lowest BCUT2D eigenvalue weighted by atomic mass is 9.76. The number of nitrogens with zero attached hydrogens (tertiary/aromatic N) is 1. The summed E-state index contributed by atoms with van der Waals surface area (Å²) in [6, 6.07) is 14.0. The van der Waals surface area contributed by atoms with E-state index in [9.17, 15) is 23.1 Å². The Hall–Kier alpha value is -2.60. The molecule has 5 rings (SSSR count). The summed E-state index contributed by atoms with van der Waals surface area (Å²) in [5.74, 6) is -2.78. The molecule has 2 aromatic carbocycles. The predicted octanol–water partition coefficient (Wildman–Crippen LogP) is 7.18. The molecule has 1 N–H and O–H groups in total. The van der Waals surface area contributed by atoms with Gasteiger partial charge in [0.05, 0.1) is 12.2 Å². The molecule has 2 aliphatic carbocycles. The highest BCUT2D eigenvalue weighted by Gasteiger charge is 2.37. The van der Waals surface area contributed by atoms with Crippen molar-refractivity contribution in [2.24, 2.45) is 11.8 Å². The lowest BCUT2D eigenvalue weighted by molar-refractivity contribution is -0.0423. The van der Waals surface area contributed by atoms with Crippen LogP contribution in [0.2, 0.25) is 0 Å². The number of halogens is 3. The SMILES string of the molecule is O=C(O)c1ccc2c(c1)CCCC(C1CCC(F)(F)CC1)=C2c1ccc(CC2CN(CCCF)C2)cc1. The number of carboxylic acid groups (broad SMARTS) is 1. The molecule has 37 heavy (non-hydrogen) atoms. The van der Waals surface area contributed by atoms with E-state index in [4.69, 9.17) is 0 Å². The van der Waals surface area contributed by atoms with Crippen molar-refractivity contribution in [3.63, 3.8) is 0 Å². The van der Waals surface area contributed by atoms with Crippen LogP contribution in [0.1, 0.15) is 77.6 Å². The number of rotatable bonds is 8. The van der Waals surface area contributed by atoms with Crippen LogP contribution in [0.15, 0.2) is 48.0 Å². The zero-order chi connectivity index (χ0) is 26.0. The number of fused-ring (bicyclic) bond motifs is 1. The highest BCUT2D eigenvalue weighted by molar-refractivity contribution is 5.90. The van der Waals surface area contributed by atoms with E-state index < -0.39 is 11.9 Å². The van der Waals surface area contributed by atoms with E-state index in [2.05, 4.69) is 29.2 Å². The topological polar surface area (TPSA) is 40.5 Å². The molecule has 0 amide bonds. The summed E-state index contributed by atoms with van der Waals surface area (Å²) in [5, 5.41) is 9.53. The fraction of sp³-hybridized carbons (Fsp3) is 0.516. The molecule has 1 saturated carbocycles. The van der Waals surface area contributed by atoms with E-state index in [1.165, 1.54) is 11.1 Å². The van der Waals surface area contributed by atoms with Gasteiger partial charge in [0, 0.05) is 32.5 Å². The van der Waals surface area contributed by atoms with Crippen molar-refractivity contribution >= 4 is 11.5 Å². The summed E-state index contributed by atoms with van der Waals surface area (Å²) in [6.07, 6.45) is 4.97. The number of aryl methyl sites for hydroxylation is 1. The number of aromatic carboxylic acids is 1. The quantitative estimate of drug-likeness (QED) is 0.408. The molecular formula is C31H36F3NO2. The lowest BCUT2D eigenvalue weighted by Crippen LogP contribution is -2.47. The first-order chi connectivity index (χ1) is 17.8. The average Bonchev–Trinajstić information content (AvgIpc) is 3.05. The molecular weight excluding hydrogens is 475 g/mol. The molecule has 0 radical (unpaired) electrons. The van der Waals surface area contributed by atoms with Crippen molar-refractivity contribution in [1.29, 1.82) is 0 Å². The first-order valence-corrected chi connectivity index (χ1v) is 13.7. The van der Waals surface area contributed by atoms with E-state index >= 15 is 0 Å². The maximum absolute atomic E-state index is 14.0. The third-order valence-corrected chi connectivity index (χ3v) is 8.45. The molecule has 0 spiro atoms. The van der Waals surface area contributed by atoms with Gasteiger partial charge in [-0.25, -0.2) is 13.6 Å². The Morgan fingerprint density at radius 1 is 1.03 bits per heavy atom. The Balaban J connectivity index is 1.43. The van der Waals surface area contributed by atoms with Gasteiger partial charge in [0.15, 0.2) is 0 Å². The van der Waals surface area contributed by atoms with Crippen LogP contribution in [-0.2, 0) is 12.8 Å². The van der Waals surface area contributed by atoms with Gasteiger partial charge in [-0.1, -0.05) is 35.9 Å². The van der Waals surface area contributed by atoms with Gasteiger partial charge in [-0.15, -0.1) is 0 Å². The number of allylic oxidation sites excluding steroid dienone is 1. The van der Waals surface area contributed by atoms with E-state index in [0.29, 0.717) is 25.2 Å². The maximum atomic E-state index is 14.0. The van der Waals surface area contributed by atoms with Crippen molar-refractivity contribution < 1.29 is 23.1 Å². The first kappa shape index (κ1) is 26.0. The third-order valence-electron chi connectivity index (χ3n) is 8.45. The van der Waals surface area contributed by atoms with Gasteiger partial charge < -0.3 is 10.0 Å². The Kier molecular flexibility index (Phi) is 7.75. The molecule has 0 atom stereocenters. The average molecular weight is 512 g/mol. The van der Waals surface area contributed by atoms with Gasteiger partial charge in [-0.3, -0.25) is 4.39 Å². The van der Waals surface area contributed by atoms with Crippen molar-refractivity contribution in [3.8, 4) is 0 Å². The summed E-state index contributed by atoms with van der Waals surface area (Å²) < 4.78 is 40.4. The van der Waals surface area contributed by atoms with Crippen LogP contribution < -0.4 is 0 Å². The normalized spacial score (nSPS) is 20.8. The van der Waals surface area contributed by atoms with Crippen LogP contribution >= 0.6 is 0 Å². The monoisotopic (exact) mass is 511 g/mol. The minimum Gasteiger partial charge on any atom is -0.478 e. The summed E-state index contributed by atoms with van der Waals surface area (Å²) in [4.78, 5) is 13.9. The van der Waals surface area contributed by atoms with Gasteiger partial charge in [-0.05, 0) is 96.7 Å². The Morgan fingerprint density at radius 2 is 1.76 bits per heavy atom. The Bertz CT molecular complexity index is 1140. The maximum Gasteiger partial charge on any atom is 0.335 e. The second-order valence-corrected chi connectivity index (χ2v) is 11.1. The molecule has 2 aromatic rings. The summed E-state index contributed by atoms with van der Waals surface area (Å²) in [6.45, 7) is 2.61. The zero-order valence-electron chi connectivity index (χ0n) is 21.3. The highest BCUT2D eigenvalue weighted by atomic mass is 19.3. The molecule has 2 fully saturated rings. The first-order valence-electron chi connectivity index (χ1n) is 13.7. The van der Waals surface area contributed by atoms with Gasteiger partial charge >= 0.3 is 5.97 Å². The number of carboxylic acids is 1. The fourth-order valence-corrected chi connectivity index (χ4v) is 6.50. The highest BCUT2D eigenvalue weighted by Crippen LogP contribution is 2.45. The summed E-state index contributed by atoms with van der Waals surface area (Å²) >= 11 is 0. The van der Waals surface area contributed by atoms with Crippen molar-refractivity contribution in [1.82, 2.24) is 4.90 Å². The molecule has 6 heteroatoms. The van der Waals surface area contributed by atoms with Crippen LogP contribution in [0.25, 0.3) is 5.57 Å². The number of alkyl halides is 3. The van der Waals surface area contributed by atoms with E-state index in [-0.39, 0.29) is 31.0 Å². The standard InChI is InChI=1S/C31H36F3NO2/c32-15-2-16-35-19-22(20-35)17-21-5-7-24(8-6-21)29-27(23-11-13-31(33,34)14-12-23)4-1-3-25-18-26(30(36)37)9-10-28(25)29/h5-10,18,22-23H,1-4,11-17,19-20H2,(H,36,37). The van der Waals surface area contributed by atoms with Gasteiger partial charge in [0.1, 0.15) is 0 Å². The third kappa shape index (κ3) is 5.95. The van der Waals surface area contributed by atoms with Crippen molar-refractivity contribution in [2.75, 3.05) is 26.3 Å². The molecule has 0 unspecified atom stereocenters. The number of likely N-dealkylation sites (tertiary alicyclic amines) is 1. The van der Waals surface area contributed by atoms with E-state index in [1.807, 2.05) is 6.07 Å². The van der Waals surface area contributed by atoms with Crippen LogP contribution in [-0.4, -0.2) is 48.2 Å². The molecule has 1 aliphatic heterocycles. The number of carbonyl (C=O) groups is 1. The van der Waals surface area contributed by atoms with Gasteiger partial charge in [0.25, 0.3) is 0 Å². The molecule has 0 aromatic heterocycles. The molecule has 3 nitrogen and oxygen atoms in total. The number of hydrogen-bond acceptors (Lipinski definition) is 2. The minimum absolute atomic E-state index is 0.0675. The van der Waals surface area contributed by atoms with Crippen LogP contribution in [0.5, 0.6) is 0 Å². The molecule has 1 heterocycles. The summed E-state index contributed by atoms with van der Waals surface area (Å²) in [5.41, 5.74) is 7.09. The summed E-state index contributed by atoms with van der Waals surface area (Å²) in [7, 11) is 0. The lowest BCUT2D eigenvalue weighted by Gasteiger charge is -2.39. The smallest absolute Gasteiger partial charge is 0.335 e. The zero-order valence-corrected chi connectivity index (χ0v) is 21.3. The van der Waals surface area contributed by atoms with Gasteiger partial charge in [0.2, 0.25) is 5.92 Å². The molecule has 1 saturated heterocycles. The van der Waals surface area contributed by atoms with Crippen LogP contribution in [0.3, 0.4) is 0 Å². The minimum atomic E-state index is -2.57. The second kappa shape index (κ2) is 11.0. The molecule has 0 bridgehead atoms. The second-order valence-electron chi connectivity index (χ2n) is 11.1. The molecule has 198 valence electrons. The van der Waals surface area contributed by atoms with E-state index in [1.54, 1.807) is 12.1 Å². The van der Waals surface area contributed by atoms with Crippen LogP contribution in [0, 0.1) is 11.8 Å². The fourth-order valence-electron chi connectivity index (χ4n) is 6.50. The Labute approximate surface area is 217 Å². The van der Waals surface area contributed by atoms with Crippen LogP contribution in [0.4, 0.5) is 13.2 Å². The molecule has 3 aliphatic rings. The predicted molar refractivity (Wildman–Crippen MR) is 140 cm³/mol. The van der Waals surface area contributed by atoms with Gasteiger partial charge in [-0.2, -0.15) is 0 Å². The van der Waals surface area contributed by atoms with Crippen molar-refractivity contribution in [3.05, 3.63) is 75.9 Å². The van der Waals surface area contributed by atoms with E-state index in [0.717, 1.165) is 67.6 Å².